The summed E-state index contributed by atoms with van der Waals surface area (Å²) < 4.78 is 0.470. The van der Waals surface area contributed by atoms with Gasteiger partial charge >= 0.3 is 0 Å². The van der Waals surface area contributed by atoms with Gasteiger partial charge in [-0.3, -0.25) is 4.90 Å². The minimum atomic E-state index is 0.470. The molecule has 0 spiro atoms. The van der Waals surface area contributed by atoms with Crippen molar-refractivity contribution in [2.75, 3.05) is 32.4 Å². The molecule has 0 amide bonds. The van der Waals surface area contributed by atoms with Crippen molar-refractivity contribution in [2.45, 2.75) is 57.7 Å². The van der Waals surface area contributed by atoms with Crippen LogP contribution in [0.1, 0.15) is 47.0 Å². The second-order valence-corrected chi connectivity index (χ2v) is 7.05. The Morgan fingerprint density at radius 1 is 1.33 bits per heavy atom. The van der Waals surface area contributed by atoms with E-state index < -0.39 is 0 Å². The molecular formula is C15H32N2S. The Balaban J connectivity index is 2.56. The van der Waals surface area contributed by atoms with Gasteiger partial charge in [-0.2, -0.15) is 11.8 Å². The molecule has 0 aliphatic carbocycles. The maximum atomic E-state index is 3.69. The SMILES string of the molecule is CCC(C)C1CN(CC(CC)(CC)SC)CCN1. The summed E-state index contributed by atoms with van der Waals surface area (Å²) >= 11 is 2.06. The van der Waals surface area contributed by atoms with E-state index in [4.69, 9.17) is 0 Å². The molecule has 0 saturated carbocycles. The third-order valence-corrected chi connectivity index (χ3v) is 6.43. The Hall–Kier alpha value is 0.270. The van der Waals surface area contributed by atoms with Crippen molar-refractivity contribution in [1.82, 2.24) is 10.2 Å². The summed E-state index contributed by atoms with van der Waals surface area (Å²) in [5.74, 6) is 0.791. The van der Waals surface area contributed by atoms with Crippen LogP contribution in [0.3, 0.4) is 0 Å². The van der Waals surface area contributed by atoms with Gasteiger partial charge in [0.25, 0.3) is 0 Å². The molecule has 108 valence electrons. The molecule has 1 N–H and O–H groups in total. The van der Waals surface area contributed by atoms with Crippen LogP contribution in [0.4, 0.5) is 0 Å². The summed E-state index contributed by atoms with van der Waals surface area (Å²) in [4.78, 5) is 2.69. The van der Waals surface area contributed by atoms with E-state index in [1.165, 1.54) is 38.9 Å². The Morgan fingerprint density at radius 2 is 2.00 bits per heavy atom. The largest absolute Gasteiger partial charge is 0.311 e. The van der Waals surface area contributed by atoms with Gasteiger partial charge in [0.1, 0.15) is 0 Å². The van der Waals surface area contributed by atoms with Gasteiger partial charge in [-0.15, -0.1) is 0 Å². The molecule has 0 aromatic carbocycles. The first-order chi connectivity index (χ1) is 8.60. The number of hydrogen-bond donors (Lipinski definition) is 1. The van der Waals surface area contributed by atoms with E-state index in [1.807, 2.05) is 0 Å². The van der Waals surface area contributed by atoms with Crippen LogP contribution in [-0.2, 0) is 0 Å². The van der Waals surface area contributed by atoms with Gasteiger partial charge in [0.2, 0.25) is 0 Å². The summed E-state index contributed by atoms with van der Waals surface area (Å²) in [5.41, 5.74) is 0. The smallest absolute Gasteiger partial charge is 0.0279 e. The van der Waals surface area contributed by atoms with Gasteiger partial charge in [-0.25, -0.2) is 0 Å². The van der Waals surface area contributed by atoms with Crippen molar-refractivity contribution in [3.63, 3.8) is 0 Å². The lowest BCUT2D eigenvalue weighted by Crippen LogP contribution is -2.56. The molecule has 2 unspecified atom stereocenters. The van der Waals surface area contributed by atoms with Crippen molar-refractivity contribution in [1.29, 1.82) is 0 Å². The van der Waals surface area contributed by atoms with E-state index in [9.17, 15) is 0 Å². The molecule has 1 heterocycles. The van der Waals surface area contributed by atoms with Crippen molar-refractivity contribution < 1.29 is 0 Å². The summed E-state index contributed by atoms with van der Waals surface area (Å²) in [5, 5.41) is 3.69. The fourth-order valence-electron chi connectivity index (χ4n) is 2.89. The molecule has 0 bridgehead atoms. The minimum absolute atomic E-state index is 0.470. The van der Waals surface area contributed by atoms with Gasteiger partial charge in [0, 0.05) is 37.0 Å². The molecule has 2 nitrogen and oxygen atoms in total. The highest BCUT2D eigenvalue weighted by Gasteiger charge is 2.31. The average molecular weight is 273 g/mol. The van der Waals surface area contributed by atoms with Crippen LogP contribution in [0.2, 0.25) is 0 Å². The van der Waals surface area contributed by atoms with Crippen molar-refractivity contribution in [3.05, 3.63) is 0 Å². The Bertz CT molecular complexity index is 220. The zero-order valence-corrected chi connectivity index (χ0v) is 13.8. The number of thioether (sulfide) groups is 1. The van der Waals surface area contributed by atoms with Crippen LogP contribution in [0.25, 0.3) is 0 Å². The zero-order valence-electron chi connectivity index (χ0n) is 13.0. The normalized spacial score (nSPS) is 24.2. The molecule has 1 fully saturated rings. The molecule has 0 aromatic heterocycles. The van der Waals surface area contributed by atoms with E-state index in [0.717, 1.165) is 12.5 Å². The van der Waals surface area contributed by atoms with Crippen molar-refractivity contribution in [3.8, 4) is 0 Å². The first-order valence-corrected chi connectivity index (χ1v) is 8.84. The fourth-order valence-corrected chi connectivity index (χ4v) is 3.77. The van der Waals surface area contributed by atoms with Crippen molar-refractivity contribution >= 4 is 11.8 Å². The predicted molar refractivity (Wildman–Crippen MR) is 84.5 cm³/mol. The summed E-state index contributed by atoms with van der Waals surface area (Å²) in [7, 11) is 0. The quantitative estimate of drug-likeness (QED) is 0.766. The van der Waals surface area contributed by atoms with Crippen molar-refractivity contribution in [2.24, 2.45) is 5.92 Å². The van der Waals surface area contributed by atoms with E-state index in [0.29, 0.717) is 10.8 Å². The second-order valence-electron chi connectivity index (χ2n) is 5.78. The second kappa shape index (κ2) is 7.76. The predicted octanol–water partition coefficient (Wildman–Crippen LogP) is 3.23. The van der Waals surface area contributed by atoms with Gasteiger partial charge in [-0.1, -0.05) is 34.1 Å². The van der Waals surface area contributed by atoms with Crippen LogP contribution in [-0.4, -0.2) is 48.1 Å². The number of piperazine rings is 1. The summed E-state index contributed by atoms with van der Waals surface area (Å²) in [6.45, 7) is 14.2. The average Bonchev–Trinajstić information content (AvgIpc) is 2.44. The maximum absolute atomic E-state index is 3.69. The van der Waals surface area contributed by atoms with E-state index >= 15 is 0 Å². The molecule has 1 rings (SSSR count). The molecule has 1 aliphatic heterocycles. The highest BCUT2D eigenvalue weighted by molar-refractivity contribution is 8.00. The molecule has 1 saturated heterocycles. The highest BCUT2D eigenvalue weighted by Crippen LogP contribution is 2.31. The molecular weight excluding hydrogens is 240 g/mol. The van der Waals surface area contributed by atoms with Gasteiger partial charge in [-0.05, 0) is 25.0 Å². The number of nitrogens with one attached hydrogen (secondary N) is 1. The fraction of sp³-hybridized carbons (Fsp3) is 1.00. The van der Waals surface area contributed by atoms with Crippen LogP contribution in [0, 0.1) is 5.92 Å². The Morgan fingerprint density at radius 3 is 2.50 bits per heavy atom. The van der Waals surface area contributed by atoms with Gasteiger partial charge in [0.05, 0.1) is 0 Å². The van der Waals surface area contributed by atoms with E-state index in [-0.39, 0.29) is 0 Å². The van der Waals surface area contributed by atoms with Crippen LogP contribution >= 0.6 is 11.8 Å². The lowest BCUT2D eigenvalue weighted by atomic mass is 9.95. The number of rotatable bonds is 7. The minimum Gasteiger partial charge on any atom is -0.311 e. The number of nitrogens with zero attached hydrogens (tertiary/aromatic N) is 1. The molecule has 0 aromatic rings. The third kappa shape index (κ3) is 4.14. The Labute approximate surface area is 118 Å². The van der Waals surface area contributed by atoms with E-state index in [2.05, 4.69) is 55.9 Å². The molecule has 2 atom stereocenters. The molecule has 1 aliphatic rings. The topological polar surface area (TPSA) is 15.3 Å². The summed E-state index contributed by atoms with van der Waals surface area (Å²) in [6.07, 6.45) is 6.12. The first-order valence-electron chi connectivity index (χ1n) is 7.61. The number of hydrogen-bond acceptors (Lipinski definition) is 3. The zero-order chi connectivity index (χ0) is 13.6. The standard InChI is InChI=1S/C15H32N2S/c1-6-13(4)14-11-17(10-9-16-14)12-15(7-2,8-3)18-5/h13-14,16H,6-12H2,1-5H3. The van der Waals surface area contributed by atoms with Gasteiger partial charge in [0.15, 0.2) is 0 Å². The van der Waals surface area contributed by atoms with Crippen LogP contribution in [0.5, 0.6) is 0 Å². The van der Waals surface area contributed by atoms with Crippen LogP contribution < -0.4 is 5.32 Å². The molecule has 0 radical (unpaired) electrons. The molecule has 18 heavy (non-hydrogen) atoms. The van der Waals surface area contributed by atoms with E-state index in [1.54, 1.807) is 0 Å². The monoisotopic (exact) mass is 272 g/mol. The Kier molecular flexibility index (Phi) is 7.04. The lowest BCUT2D eigenvalue weighted by Gasteiger charge is -2.41. The summed E-state index contributed by atoms with van der Waals surface area (Å²) in [6, 6.07) is 0.692. The molecule has 3 heteroatoms. The third-order valence-electron chi connectivity index (χ3n) is 4.85. The lowest BCUT2D eigenvalue weighted by molar-refractivity contribution is 0.153. The maximum Gasteiger partial charge on any atom is 0.0279 e. The highest BCUT2D eigenvalue weighted by atomic mass is 32.2. The van der Waals surface area contributed by atoms with Gasteiger partial charge < -0.3 is 5.32 Å². The first kappa shape index (κ1) is 16.3. The van der Waals surface area contributed by atoms with Crippen LogP contribution in [0.15, 0.2) is 0 Å².